The van der Waals surface area contributed by atoms with Crippen LogP contribution in [0, 0.1) is 17.5 Å². The maximum absolute atomic E-state index is 14.2. The molecule has 0 aliphatic heterocycles. The quantitative estimate of drug-likeness (QED) is 0.641. The lowest BCUT2D eigenvalue weighted by atomic mass is 10.1. The summed E-state index contributed by atoms with van der Waals surface area (Å²) < 4.78 is 66.8. The number of benzene rings is 2. The highest BCUT2D eigenvalue weighted by Gasteiger charge is 2.23. The molecule has 140 valence electrons. The second-order valence-corrected chi connectivity index (χ2v) is 7.76. The molecule has 0 spiro atoms. The zero-order chi connectivity index (χ0) is 19.6. The molecule has 0 aliphatic rings. The monoisotopic (exact) mass is 423 g/mol. The van der Waals surface area contributed by atoms with E-state index < -0.39 is 43.5 Å². The third kappa shape index (κ3) is 4.57. The van der Waals surface area contributed by atoms with Crippen LogP contribution in [0.2, 0.25) is 5.02 Å². The molecule has 26 heavy (non-hydrogen) atoms. The molecule has 0 saturated heterocycles. The van der Waals surface area contributed by atoms with Crippen molar-refractivity contribution in [2.24, 2.45) is 5.73 Å². The molecule has 0 aromatic heterocycles. The first-order valence-electron chi connectivity index (χ1n) is 7.04. The van der Waals surface area contributed by atoms with E-state index in [9.17, 15) is 21.6 Å². The summed E-state index contributed by atoms with van der Waals surface area (Å²) >= 11 is 10.4. The Morgan fingerprint density at radius 2 is 1.85 bits per heavy atom. The van der Waals surface area contributed by atoms with Gasteiger partial charge in [0.05, 0.1) is 16.8 Å². The summed E-state index contributed by atoms with van der Waals surface area (Å²) in [5, 5.41) is 2.06. The fourth-order valence-electron chi connectivity index (χ4n) is 2.20. The van der Waals surface area contributed by atoms with Crippen LogP contribution in [0.25, 0.3) is 0 Å². The highest BCUT2D eigenvalue weighted by molar-refractivity contribution is 7.91. The molecule has 0 bridgehead atoms. The van der Waals surface area contributed by atoms with Crippen LogP contribution >= 0.6 is 23.8 Å². The highest BCUT2D eigenvalue weighted by Crippen LogP contribution is 2.31. The van der Waals surface area contributed by atoms with Gasteiger partial charge < -0.3 is 11.1 Å². The number of halogens is 4. The minimum absolute atomic E-state index is 0.0228. The van der Waals surface area contributed by atoms with E-state index in [-0.39, 0.29) is 16.3 Å². The average molecular weight is 424 g/mol. The van der Waals surface area contributed by atoms with Gasteiger partial charge in [-0.1, -0.05) is 17.7 Å². The van der Waals surface area contributed by atoms with Gasteiger partial charge in [-0.2, -0.15) is 0 Å². The molecule has 11 heteroatoms. The van der Waals surface area contributed by atoms with E-state index in [0.717, 1.165) is 18.2 Å². The largest absolute Gasteiger partial charge is 0.377 e. The van der Waals surface area contributed by atoms with Crippen molar-refractivity contribution in [3.8, 4) is 0 Å². The Kier molecular flexibility index (Phi) is 5.99. The normalized spacial score (nSPS) is 12.5. The number of nitrogens with one attached hydrogen (secondary N) is 2. The lowest BCUT2D eigenvalue weighted by molar-refractivity contribution is 0.564. The van der Waals surface area contributed by atoms with Crippen molar-refractivity contribution in [2.75, 3.05) is 5.32 Å². The van der Waals surface area contributed by atoms with Crippen LogP contribution in [0.4, 0.5) is 18.9 Å². The number of hydrogen-bond donors (Lipinski definition) is 3. The summed E-state index contributed by atoms with van der Waals surface area (Å²) in [7, 11) is -4.33. The van der Waals surface area contributed by atoms with Crippen molar-refractivity contribution in [2.45, 2.75) is 17.9 Å². The molecule has 2 aromatic rings. The van der Waals surface area contributed by atoms with Gasteiger partial charge in [0.2, 0.25) is 0 Å². The second-order valence-electron chi connectivity index (χ2n) is 5.26. The van der Waals surface area contributed by atoms with Crippen molar-refractivity contribution in [3.05, 3.63) is 58.4 Å². The fraction of sp³-hybridized carbons (Fsp3) is 0.133. The lowest BCUT2D eigenvalue weighted by Gasteiger charge is -2.18. The van der Waals surface area contributed by atoms with Gasteiger partial charge in [-0.15, -0.1) is 0 Å². The van der Waals surface area contributed by atoms with E-state index >= 15 is 0 Å². The Balaban J connectivity index is 2.34. The van der Waals surface area contributed by atoms with Crippen molar-refractivity contribution < 1.29 is 21.6 Å². The lowest BCUT2D eigenvalue weighted by Crippen LogP contribution is -2.35. The molecule has 1 atom stereocenters. The van der Waals surface area contributed by atoms with Gasteiger partial charge in [-0.05, 0) is 37.3 Å². The molecule has 0 heterocycles. The fourth-order valence-corrected chi connectivity index (χ4v) is 3.77. The summed E-state index contributed by atoms with van der Waals surface area (Å²) in [6, 6.07) is 4.03. The van der Waals surface area contributed by atoms with E-state index in [2.05, 4.69) is 17.5 Å². The Morgan fingerprint density at radius 1 is 1.19 bits per heavy atom. The Bertz CT molecular complexity index is 971. The van der Waals surface area contributed by atoms with Gasteiger partial charge in [-0.3, -0.25) is 4.72 Å². The van der Waals surface area contributed by atoms with Crippen LogP contribution in [0.3, 0.4) is 0 Å². The Labute approximate surface area is 158 Å². The maximum atomic E-state index is 14.2. The third-order valence-corrected chi connectivity index (χ3v) is 5.27. The predicted octanol–water partition coefficient (Wildman–Crippen LogP) is 3.45. The summed E-state index contributed by atoms with van der Waals surface area (Å²) in [5.74, 6) is -2.64. The van der Waals surface area contributed by atoms with Crippen LogP contribution < -0.4 is 15.8 Å². The first-order chi connectivity index (χ1) is 12.0. The maximum Gasteiger partial charge on any atom is 0.266 e. The predicted molar refractivity (Wildman–Crippen MR) is 96.9 cm³/mol. The van der Waals surface area contributed by atoms with Gasteiger partial charge in [0.15, 0.2) is 5.11 Å². The van der Waals surface area contributed by atoms with E-state index in [4.69, 9.17) is 17.3 Å². The molecular weight excluding hydrogens is 411 g/mol. The van der Waals surface area contributed by atoms with E-state index in [1.165, 1.54) is 6.07 Å². The van der Waals surface area contributed by atoms with Crippen molar-refractivity contribution in [3.63, 3.8) is 0 Å². The minimum Gasteiger partial charge on any atom is -0.377 e. The SMILES string of the molecule is C[C@H](Nc1cc(F)c(S(=O)(=O)NC(N)=S)cc1Cl)c1ccc(F)cc1F. The molecule has 2 aromatic carbocycles. The first-order valence-corrected chi connectivity index (χ1v) is 9.31. The minimum atomic E-state index is -4.33. The summed E-state index contributed by atoms with van der Waals surface area (Å²) in [4.78, 5) is -0.749. The van der Waals surface area contributed by atoms with Crippen LogP contribution in [0.15, 0.2) is 35.2 Å². The van der Waals surface area contributed by atoms with Gasteiger partial charge in [-0.25, -0.2) is 21.6 Å². The van der Waals surface area contributed by atoms with Crippen molar-refractivity contribution in [1.29, 1.82) is 0 Å². The average Bonchev–Trinajstić information content (AvgIpc) is 2.48. The summed E-state index contributed by atoms with van der Waals surface area (Å²) in [6.45, 7) is 1.55. The zero-order valence-electron chi connectivity index (χ0n) is 13.2. The number of sulfonamides is 1. The summed E-state index contributed by atoms with van der Waals surface area (Å²) in [5.41, 5.74) is 5.24. The number of hydrogen-bond acceptors (Lipinski definition) is 4. The number of nitrogens with two attached hydrogens (primary N) is 1. The van der Waals surface area contributed by atoms with Gasteiger partial charge in [0.25, 0.3) is 10.0 Å². The Hall–Kier alpha value is -2.04. The molecular formula is C15H13ClF3N3O2S2. The third-order valence-electron chi connectivity index (χ3n) is 3.35. The van der Waals surface area contributed by atoms with Crippen molar-refractivity contribution >= 4 is 44.6 Å². The Morgan fingerprint density at radius 3 is 2.42 bits per heavy atom. The molecule has 0 unspecified atom stereocenters. The highest BCUT2D eigenvalue weighted by atomic mass is 35.5. The van der Waals surface area contributed by atoms with E-state index in [1.54, 1.807) is 11.6 Å². The smallest absolute Gasteiger partial charge is 0.266 e. The topological polar surface area (TPSA) is 84.2 Å². The van der Waals surface area contributed by atoms with Crippen molar-refractivity contribution in [1.82, 2.24) is 4.72 Å². The molecule has 0 amide bonds. The summed E-state index contributed by atoms with van der Waals surface area (Å²) in [6.07, 6.45) is 0. The molecule has 0 saturated carbocycles. The van der Waals surface area contributed by atoms with Gasteiger partial charge >= 0.3 is 0 Å². The van der Waals surface area contributed by atoms with Crippen LogP contribution in [-0.4, -0.2) is 13.5 Å². The van der Waals surface area contributed by atoms with Crippen LogP contribution in [0.5, 0.6) is 0 Å². The second kappa shape index (κ2) is 7.68. The molecule has 2 rings (SSSR count). The van der Waals surface area contributed by atoms with E-state index in [0.29, 0.717) is 6.07 Å². The molecule has 5 nitrogen and oxygen atoms in total. The first kappa shape index (κ1) is 20.3. The van der Waals surface area contributed by atoms with Crippen LogP contribution in [0.1, 0.15) is 18.5 Å². The number of anilines is 1. The zero-order valence-corrected chi connectivity index (χ0v) is 15.6. The molecule has 0 radical (unpaired) electrons. The van der Waals surface area contributed by atoms with E-state index in [1.807, 2.05) is 0 Å². The molecule has 4 N–H and O–H groups in total. The van der Waals surface area contributed by atoms with Gasteiger partial charge in [0, 0.05) is 11.6 Å². The molecule has 0 fully saturated rings. The van der Waals surface area contributed by atoms with Crippen LogP contribution in [-0.2, 0) is 10.0 Å². The van der Waals surface area contributed by atoms with Gasteiger partial charge in [0.1, 0.15) is 22.3 Å². The number of rotatable bonds is 5. The standard InChI is InChI=1S/C15H13ClF3N3O2S2/c1-7(9-3-2-8(17)4-11(9)18)21-13-6-12(19)14(5-10(13)16)26(23,24)22-15(20)25/h2-7,21H,1H3,(H3,20,22,25)/t7-/m0/s1. The number of thiocarbonyl (C=S) groups is 1. The molecule has 0 aliphatic carbocycles.